The first kappa shape index (κ1) is 25.4. The molecule has 0 bridgehead atoms. The number of fused-ring (bicyclic) bond motifs is 1. The molecule has 0 radical (unpaired) electrons. The van der Waals surface area contributed by atoms with Crippen molar-refractivity contribution in [2.24, 2.45) is 18.7 Å². The highest BCUT2D eigenvalue weighted by Crippen LogP contribution is 2.21. The van der Waals surface area contributed by atoms with Gasteiger partial charge in [0.1, 0.15) is 0 Å². The number of carbonyl (C=O) groups excluding carboxylic acids is 1. The lowest BCUT2D eigenvalue weighted by Crippen LogP contribution is -2.41. The standard InChI is InChI=1S/C18H29N5O2.2ClH/c1-10(2)8-13(9-19)21-15(24)7-6-14-11(3)16-17(20-12(14)4)23(5)22-18(16)25;;/h10,13H,6-9,19H2,1-5H3,(H,21,24)(H,22,25);2*1H. The Kier molecular flexibility index (Phi) is 10.1. The van der Waals surface area contributed by atoms with Gasteiger partial charge in [0.2, 0.25) is 5.91 Å². The second-order valence-corrected chi connectivity index (χ2v) is 7.13. The second-order valence-electron chi connectivity index (χ2n) is 7.13. The van der Waals surface area contributed by atoms with Crippen molar-refractivity contribution in [3.63, 3.8) is 0 Å². The minimum atomic E-state index is -0.145. The van der Waals surface area contributed by atoms with Gasteiger partial charge in [-0.1, -0.05) is 13.8 Å². The molecule has 0 spiro atoms. The summed E-state index contributed by atoms with van der Waals surface area (Å²) >= 11 is 0. The number of nitrogens with zero attached hydrogens (tertiary/aromatic N) is 2. The first-order chi connectivity index (χ1) is 11.7. The van der Waals surface area contributed by atoms with E-state index in [1.807, 2.05) is 13.8 Å². The number of amides is 1. The van der Waals surface area contributed by atoms with Crippen LogP contribution in [-0.4, -0.2) is 33.3 Å². The summed E-state index contributed by atoms with van der Waals surface area (Å²) in [6.45, 7) is 8.49. The normalized spacial score (nSPS) is 11.8. The van der Waals surface area contributed by atoms with Crippen LogP contribution in [0.15, 0.2) is 4.79 Å². The number of nitrogens with one attached hydrogen (secondary N) is 2. The Morgan fingerprint density at radius 3 is 2.48 bits per heavy atom. The molecule has 2 heterocycles. The zero-order chi connectivity index (χ0) is 18.7. The fourth-order valence-corrected chi connectivity index (χ4v) is 3.34. The largest absolute Gasteiger partial charge is 0.352 e. The van der Waals surface area contributed by atoms with E-state index >= 15 is 0 Å². The van der Waals surface area contributed by atoms with Gasteiger partial charge in [0.15, 0.2) is 5.65 Å². The fraction of sp³-hybridized carbons (Fsp3) is 0.611. The summed E-state index contributed by atoms with van der Waals surface area (Å²) in [6.07, 6.45) is 1.78. The van der Waals surface area contributed by atoms with Gasteiger partial charge in [-0.3, -0.25) is 19.4 Å². The Balaban J connectivity index is 0.00000338. The van der Waals surface area contributed by atoms with Gasteiger partial charge in [0.25, 0.3) is 5.56 Å². The van der Waals surface area contributed by atoms with Crippen LogP contribution in [0.5, 0.6) is 0 Å². The molecule has 0 fully saturated rings. The van der Waals surface area contributed by atoms with Crippen LogP contribution in [-0.2, 0) is 18.3 Å². The highest BCUT2D eigenvalue weighted by molar-refractivity contribution is 5.85. The molecule has 0 aliphatic carbocycles. The number of aromatic amines is 1. The van der Waals surface area contributed by atoms with E-state index in [1.165, 1.54) is 0 Å². The van der Waals surface area contributed by atoms with Gasteiger partial charge in [-0.2, -0.15) is 0 Å². The number of pyridine rings is 1. The van der Waals surface area contributed by atoms with Crippen LogP contribution >= 0.6 is 24.8 Å². The third kappa shape index (κ3) is 5.96. The smallest absolute Gasteiger partial charge is 0.273 e. The Morgan fingerprint density at radius 1 is 1.30 bits per heavy atom. The second kappa shape index (κ2) is 10.7. The van der Waals surface area contributed by atoms with E-state index in [1.54, 1.807) is 11.7 Å². The first-order valence-electron chi connectivity index (χ1n) is 8.78. The molecule has 7 nitrogen and oxygen atoms in total. The molecule has 154 valence electrons. The lowest BCUT2D eigenvalue weighted by molar-refractivity contribution is -0.121. The molecule has 4 N–H and O–H groups in total. The van der Waals surface area contributed by atoms with Crippen molar-refractivity contribution in [1.29, 1.82) is 0 Å². The molecule has 0 saturated carbocycles. The molecule has 27 heavy (non-hydrogen) atoms. The molecule has 2 aromatic heterocycles. The zero-order valence-electron chi connectivity index (χ0n) is 16.6. The Morgan fingerprint density at radius 2 is 1.93 bits per heavy atom. The molecular weight excluding hydrogens is 389 g/mol. The molecule has 0 aliphatic heterocycles. The van der Waals surface area contributed by atoms with Gasteiger partial charge in [-0.15, -0.1) is 24.8 Å². The van der Waals surface area contributed by atoms with E-state index < -0.39 is 0 Å². The SMILES string of the molecule is Cc1nc2c(c(C)c1CCC(=O)NC(CN)CC(C)C)c(=O)[nH]n2C.Cl.Cl. The topological polar surface area (TPSA) is 106 Å². The number of aryl methyl sites for hydroxylation is 3. The molecule has 2 rings (SSSR count). The van der Waals surface area contributed by atoms with Crippen molar-refractivity contribution < 1.29 is 4.79 Å². The Hall–Kier alpha value is -1.57. The predicted octanol–water partition coefficient (Wildman–Crippen LogP) is 2.14. The number of nitrogens with two attached hydrogens (primary N) is 1. The maximum absolute atomic E-state index is 12.3. The number of H-pyrrole nitrogens is 1. The number of carbonyl (C=O) groups is 1. The van der Waals surface area contributed by atoms with Crippen molar-refractivity contribution in [3.8, 4) is 0 Å². The van der Waals surface area contributed by atoms with Crippen LogP contribution in [0.4, 0.5) is 0 Å². The first-order valence-corrected chi connectivity index (χ1v) is 8.78. The minimum Gasteiger partial charge on any atom is -0.352 e. The molecule has 9 heteroatoms. The van der Waals surface area contributed by atoms with Crippen LogP contribution in [0, 0.1) is 19.8 Å². The van der Waals surface area contributed by atoms with Crippen LogP contribution in [0.25, 0.3) is 11.0 Å². The van der Waals surface area contributed by atoms with E-state index in [4.69, 9.17) is 5.73 Å². The van der Waals surface area contributed by atoms with Crippen LogP contribution in [0.3, 0.4) is 0 Å². The maximum Gasteiger partial charge on any atom is 0.273 e. The van der Waals surface area contributed by atoms with E-state index in [9.17, 15) is 9.59 Å². The molecule has 1 unspecified atom stereocenters. The van der Waals surface area contributed by atoms with Crippen LogP contribution in [0.2, 0.25) is 0 Å². The third-order valence-corrected chi connectivity index (χ3v) is 4.58. The summed E-state index contributed by atoms with van der Waals surface area (Å²) in [5.41, 5.74) is 8.96. The third-order valence-electron chi connectivity index (χ3n) is 4.58. The average Bonchev–Trinajstić information content (AvgIpc) is 2.80. The van der Waals surface area contributed by atoms with E-state index in [2.05, 4.69) is 29.2 Å². The summed E-state index contributed by atoms with van der Waals surface area (Å²) in [5.74, 6) is 0.465. The zero-order valence-corrected chi connectivity index (χ0v) is 18.2. The molecular formula is C18H31Cl2N5O2. The highest BCUT2D eigenvalue weighted by Gasteiger charge is 2.17. The maximum atomic E-state index is 12.3. The number of hydrogen-bond acceptors (Lipinski definition) is 4. The van der Waals surface area contributed by atoms with Crippen LogP contribution in [0.1, 0.15) is 43.5 Å². The van der Waals surface area contributed by atoms with Gasteiger partial charge in [0, 0.05) is 31.7 Å². The fourth-order valence-electron chi connectivity index (χ4n) is 3.34. The highest BCUT2D eigenvalue weighted by atomic mass is 35.5. The molecule has 2 aromatic rings. The Bertz CT molecular complexity index is 829. The van der Waals surface area contributed by atoms with E-state index in [0.717, 1.165) is 23.2 Å². The number of hydrogen-bond donors (Lipinski definition) is 3. The van der Waals surface area contributed by atoms with E-state index in [0.29, 0.717) is 36.3 Å². The summed E-state index contributed by atoms with van der Waals surface area (Å²) in [4.78, 5) is 28.9. The van der Waals surface area contributed by atoms with Gasteiger partial charge in [-0.05, 0) is 43.7 Å². The summed E-state index contributed by atoms with van der Waals surface area (Å²) in [7, 11) is 1.77. The lowest BCUT2D eigenvalue weighted by atomic mass is 9.99. The summed E-state index contributed by atoms with van der Waals surface area (Å²) in [6, 6.07) is 0.00673. The van der Waals surface area contributed by atoms with Crippen molar-refractivity contribution in [3.05, 3.63) is 27.2 Å². The quantitative estimate of drug-likeness (QED) is 0.638. The van der Waals surface area contributed by atoms with Crippen molar-refractivity contribution in [2.75, 3.05) is 6.54 Å². The van der Waals surface area contributed by atoms with Gasteiger partial charge in [-0.25, -0.2) is 4.98 Å². The summed E-state index contributed by atoms with van der Waals surface area (Å²) < 4.78 is 1.63. The van der Waals surface area contributed by atoms with Crippen molar-refractivity contribution >= 4 is 41.8 Å². The predicted molar refractivity (Wildman–Crippen MR) is 114 cm³/mol. The van der Waals surface area contributed by atoms with Gasteiger partial charge < -0.3 is 11.1 Å². The molecule has 1 amide bonds. The molecule has 0 aliphatic rings. The van der Waals surface area contributed by atoms with Gasteiger partial charge in [0.05, 0.1) is 5.39 Å². The summed E-state index contributed by atoms with van der Waals surface area (Å²) in [5, 5.41) is 6.34. The Labute approximate surface area is 172 Å². The van der Waals surface area contributed by atoms with Crippen LogP contribution < -0.4 is 16.6 Å². The lowest BCUT2D eigenvalue weighted by Gasteiger charge is -2.19. The average molecular weight is 420 g/mol. The van der Waals surface area contributed by atoms with Crippen molar-refractivity contribution in [1.82, 2.24) is 20.1 Å². The molecule has 1 atom stereocenters. The monoisotopic (exact) mass is 419 g/mol. The number of rotatable bonds is 7. The van der Waals surface area contributed by atoms with Crippen molar-refractivity contribution in [2.45, 2.75) is 53.0 Å². The van der Waals surface area contributed by atoms with E-state index in [-0.39, 0.29) is 42.3 Å². The molecule has 0 saturated heterocycles. The van der Waals surface area contributed by atoms with Gasteiger partial charge >= 0.3 is 0 Å². The number of halogens is 2. The minimum absolute atomic E-state index is 0. The number of aromatic nitrogens is 3. The molecule has 0 aromatic carbocycles.